The molecule has 0 bridgehead atoms. The fraction of sp³-hybridized carbons (Fsp3) is 0.779. The summed E-state index contributed by atoms with van der Waals surface area (Å²) in [6.45, 7) is 6.58. The lowest BCUT2D eigenvalue weighted by molar-refractivity contribution is -0.167. The SMILES string of the molecule is CCCCC/C=C\C/C=C\CCCCCCCC(=O)OC(COC(=O)CCCCCCC/C=C\CCCCC)COC(=O)CCCCCCCCCCCCCCCC/C=C\C/C=C\C/C=C\CCCCCCC. The average molecular weight is 1030 g/mol. The highest BCUT2D eigenvalue weighted by atomic mass is 16.6. The molecule has 0 radical (unpaired) electrons. The van der Waals surface area contributed by atoms with Crippen molar-refractivity contribution < 1.29 is 28.6 Å². The van der Waals surface area contributed by atoms with E-state index in [4.69, 9.17) is 14.2 Å². The lowest BCUT2D eigenvalue weighted by atomic mass is 10.0. The lowest BCUT2D eigenvalue weighted by Crippen LogP contribution is -2.30. The second kappa shape index (κ2) is 62.4. The summed E-state index contributed by atoms with van der Waals surface area (Å²) in [7, 11) is 0. The van der Waals surface area contributed by atoms with Crippen LogP contribution in [0.15, 0.2) is 72.9 Å². The van der Waals surface area contributed by atoms with E-state index >= 15 is 0 Å². The van der Waals surface area contributed by atoms with E-state index in [1.807, 2.05) is 0 Å². The van der Waals surface area contributed by atoms with Gasteiger partial charge in [0.2, 0.25) is 0 Å². The number of hydrogen-bond donors (Lipinski definition) is 0. The van der Waals surface area contributed by atoms with E-state index in [9.17, 15) is 14.4 Å². The highest BCUT2D eigenvalue weighted by Crippen LogP contribution is 2.16. The zero-order chi connectivity index (χ0) is 53.6. The number of esters is 3. The van der Waals surface area contributed by atoms with Crippen LogP contribution in [0.4, 0.5) is 0 Å². The molecule has 74 heavy (non-hydrogen) atoms. The summed E-state index contributed by atoms with van der Waals surface area (Å²) in [5, 5.41) is 0. The quantitative estimate of drug-likeness (QED) is 0.0261. The van der Waals surface area contributed by atoms with Crippen LogP contribution in [0.1, 0.15) is 323 Å². The molecule has 1 atom stereocenters. The van der Waals surface area contributed by atoms with E-state index in [0.29, 0.717) is 19.3 Å². The van der Waals surface area contributed by atoms with Gasteiger partial charge < -0.3 is 14.2 Å². The number of ether oxygens (including phenoxy) is 3. The van der Waals surface area contributed by atoms with Crippen molar-refractivity contribution >= 4 is 17.9 Å². The molecule has 0 N–H and O–H groups in total. The predicted molar refractivity (Wildman–Crippen MR) is 321 cm³/mol. The Morgan fingerprint density at radius 3 is 0.797 bits per heavy atom. The molecular formula is C68H120O6. The molecule has 6 heteroatoms. The van der Waals surface area contributed by atoms with E-state index in [-0.39, 0.29) is 31.1 Å². The van der Waals surface area contributed by atoms with E-state index in [1.165, 1.54) is 180 Å². The largest absolute Gasteiger partial charge is 0.462 e. The Hall–Kier alpha value is -3.15. The van der Waals surface area contributed by atoms with Gasteiger partial charge in [-0.3, -0.25) is 14.4 Å². The van der Waals surface area contributed by atoms with Crippen molar-refractivity contribution in [1.82, 2.24) is 0 Å². The van der Waals surface area contributed by atoms with Crippen molar-refractivity contribution in [2.24, 2.45) is 0 Å². The van der Waals surface area contributed by atoms with Gasteiger partial charge in [-0.25, -0.2) is 0 Å². The minimum Gasteiger partial charge on any atom is -0.462 e. The summed E-state index contributed by atoms with van der Waals surface area (Å²) in [4.78, 5) is 38.2. The van der Waals surface area contributed by atoms with Gasteiger partial charge in [0.15, 0.2) is 6.10 Å². The normalized spacial score (nSPS) is 12.5. The maximum atomic E-state index is 12.9. The van der Waals surface area contributed by atoms with Gasteiger partial charge in [0.05, 0.1) is 0 Å². The number of hydrogen-bond acceptors (Lipinski definition) is 6. The van der Waals surface area contributed by atoms with Crippen molar-refractivity contribution in [1.29, 1.82) is 0 Å². The van der Waals surface area contributed by atoms with Gasteiger partial charge in [-0.2, -0.15) is 0 Å². The van der Waals surface area contributed by atoms with E-state index in [0.717, 1.165) is 103 Å². The second-order valence-corrected chi connectivity index (χ2v) is 21.3. The third kappa shape index (κ3) is 59.7. The topological polar surface area (TPSA) is 78.9 Å². The maximum absolute atomic E-state index is 12.9. The Bertz CT molecular complexity index is 1370. The van der Waals surface area contributed by atoms with Crippen molar-refractivity contribution in [2.45, 2.75) is 329 Å². The molecule has 0 aliphatic heterocycles. The first kappa shape index (κ1) is 70.8. The van der Waals surface area contributed by atoms with Crippen LogP contribution in [0.3, 0.4) is 0 Å². The summed E-state index contributed by atoms with van der Waals surface area (Å²) in [5.41, 5.74) is 0. The Labute approximate surface area is 459 Å². The van der Waals surface area contributed by atoms with Crippen molar-refractivity contribution in [3.8, 4) is 0 Å². The van der Waals surface area contributed by atoms with Gasteiger partial charge in [0.1, 0.15) is 13.2 Å². The molecule has 0 aromatic heterocycles. The molecule has 0 rings (SSSR count). The molecule has 0 spiro atoms. The molecule has 0 aromatic carbocycles. The number of carbonyl (C=O) groups excluding carboxylic acids is 3. The number of rotatable bonds is 58. The fourth-order valence-electron chi connectivity index (χ4n) is 9.06. The molecule has 0 heterocycles. The zero-order valence-corrected chi connectivity index (χ0v) is 49.1. The molecule has 0 amide bonds. The highest BCUT2D eigenvalue weighted by molar-refractivity contribution is 5.71. The lowest BCUT2D eigenvalue weighted by Gasteiger charge is -2.18. The average Bonchev–Trinajstić information content (AvgIpc) is 3.40. The van der Waals surface area contributed by atoms with Crippen molar-refractivity contribution in [2.75, 3.05) is 13.2 Å². The Morgan fingerprint density at radius 2 is 0.486 bits per heavy atom. The van der Waals surface area contributed by atoms with Crippen LogP contribution >= 0.6 is 0 Å². The third-order valence-electron chi connectivity index (χ3n) is 13.9. The van der Waals surface area contributed by atoms with Crippen LogP contribution < -0.4 is 0 Å². The minimum atomic E-state index is -0.786. The fourth-order valence-corrected chi connectivity index (χ4v) is 9.06. The highest BCUT2D eigenvalue weighted by Gasteiger charge is 2.19. The smallest absolute Gasteiger partial charge is 0.306 e. The van der Waals surface area contributed by atoms with Crippen LogP contribution in [0, 0.1) is 0 Å². The molecule has 0 aliphatic carbocycles. The summed E-state index contributed by atoms with van der Waals surface area (Å²) in [6, 6.07) is 0. The van der Waals surface area contributed by atoms with E-state index in [2.05, 4.69) is 93.7 Å². The monoisotopic (exact) mass is 1030 g/mol. The van der Waals surface area contributed by atoms with E-state index < -0.39 is 6.10 Å². The Balaban J connectivity index is 4.21. The molecule has 1 unspecified atom stereocenters. The second-order valence-electron chi connectivity index (χ2n) is 21.3. The van der Waals surface area contributed by atoms with Gasteiger partial charge in [0, 0.05) is 19.3 Å². The van der Waals surface area contributed by atoms with Crippen LogP contribution in [0.5, 0.6) is 0 Å². The maximum Gasteiger partial charge on any atom is 0.306 e. The predicted octanol–water partition coefficient (Wildman–Crippen LogP) is 21.7. The molecule has 6 nitrogen and oxygen atoms in total. The first-order valence-electron chi connectivity index (χ1n) is 31.9. The summed E-state index contributed by atoms with van der Waals surface area (Å²) in [5.74, 6) is -0.895. The van der Waals surface area contributed by atoms with Gasteiger partial charge >= 0.3 is 17.9 Å². The van der Waals surface area contributed by atoms with Crippen LogP contribution in [-0.4, -0.2) is 37.2 Å². The first-order chi connectivity index (χ1) is 36.5. The first-order valence-corrected chi connectivity index (χ1v) is 31.9. The Morgan fingerprint density at radius 1 is 0.270 bits per heavy atom. The van der Waals surface area contributed by atoms with Crippen LogP contribution in [-0.2, 0) is 28.6 Å². The molecule has 0 saturated heterocycles. The van der Waals surface area contributed by atoms with E-state index in [1.54, 1.807) is 0 Å². The molecule has 0 saturated carbocycles. The van der Waals surface area contributed by atoms with Gasteiger partial charge in [-0.1, -0.05) is 261 Å². The molecule has 0 aromatic rings. The van der Waals surface area contributed by atoms with Gasteiger partial charge in [-0.05, 0) is 116 Å². The van der Waals surface area contributed by atoms with Crippen LogP contribution in [0.2, 0.25) is 0 Å². The van der Waals surface area contributed by atoms with Gasteiger partial charge in [-0.15, -0.1) is 0 Å². The number of unbranched alkanes of at least 4 members (excludes halogenated alkanes) is 35. The number of carbonyl (C=O) groups is 3. The summed E-state index contributed by atoms with van der Waals surface area (Å²) in [6.07, 6.45) is 80.6. The molecular weight excluding hydrogens is 913 g/mol. The summed E-state index contributed by atoms with van der Waals surface area (Å²) >= 11 is 0. The molecule has 0 aliphatic rings. The number of allylic oxidation sites excluding steroid dienone is 12. The molecule has 0 fully saturated rings. The minimum absolute atomic E-state index is 0.0824. The Kier molecular flexibility index (Phi) is 59.7. The summed E-state index contributed by atoms with van der Waals surface area (Å²) < 4.78 is 16.9. The molecule has 428 valence electrons. The third-order valence-corrected chi connectivity index (χ3v) is 13.9. The van der Waals surface area contributed by atoms with Crippen molar-refractivity contribution in [3.63, 3.8) is 0 Å². The van der Waals surface area contributed by atoms with Crippen molar-refractivity contribution in [3.05, 3.63) is 72.9 Å². The van der Waals surface area contributed by atoms with Crippen LogP contribution in [0.25, 0.3) is 0 Å². The zero-order valence-electron chi connectivity index (χ0n) is 49.1. The standard InChI is InChI=1S/C68H120O6/c1-4-7-10-13-16-19-22-25-27-28-29-30-31-32-33-34-35-36-37-38-39-40-42-43-46-49-52-55-58-61-67(70)73-64-65(63-72-66(69)60-57-54-51-48-45-24-21-18-15-12-9-6-3)74-68(71)62-59-56-53-50-47-44-41-26-23-20-17-14-11-8-5-2/h17-18,20-22,25-26,28-29,31-32,41,65H,4-16,19,23-24,27,30,33-40,42-64H2,1-3H3/b20-17-,21-18-,25-22-,29-28-,32-31-,41-26-. The van der Waals surface area contributed by atoms with Gasteiger partial charge in [0.25, 0.3) is 0 Å².